The molecule has 152 valence electrons. The zero-order chi connectivity index (χ0) is 19.3. The maximum absolute atomic E-state index is 10.5. The van der Waals surface area contributed by atoms with E-state index in [1.54, 1.807) is 0 Å². The molecule has 6 nitrogen and oxygen atoms in total. The predicted octanol–water partition coefficient (Wildman–Crippen LogP) is 3.39. The summed E-state index contributed by atoms with van der Waals surface area (Å²) in [5.74, 6) is 3.51. The van der Waals surface area contributed by atoms with Crippen LogP contribution in [0.3, 0.4) is 0 Å². The second kappa shape index (κ2) is 9.37. The fourth-order valence-electron chi connectivity index (χ4n) is 4.32. The minimum Gasteiger partial charge on any atom is -0.491 e. The van der Waals surface area contributed by atoms with Gasteiger partial charge in [-0.2, -0.15) is 0 Å². The van der Waals surface area contributed by atoms with Crippen molar-refractivity contribution in [3.05, 3.63) is 40.4 Å². The van der Waals surface area contributed by atoms with Crippen LogP contribution in [0, 0.1) is 0 Å². The van der Waals surface area contributed by atoms with Crippen LogP contribution >= 0.6 is 15.9 Å². The van der Waals surface area contributed by atoms with Gasteiger partial charge in [0.2, 0.25) is 0 Å². The van der Waals surface area contributed by atoms with E-state index < -0.39 is 6.10 Å². The minimum atomic E-state index is -0.502. The summed E-state index contributed by atoms with van der Waals surface area (Å²) in [5.41, 5.74) is 0. The molecule has 4 rings (SSSR count). The first-order chi connectivity index (χ1) is 13.7. The number of aliphatic hydroxyl groups is 1. The molecule has 2 atom stereocenters. The van der Waals surface area contributed by atoms with Crippen molar-refractivity contribution in [3.8, 4) is 5.75 Å². The molecule has 2 aliphatic rings. The summed E-state index contributed by atoms with van der Waals surface area (Å²) in [6.45, 7) is 3.95. The molecule has 0 spiro atoms. The molecule has 0 saturated carbocycles. The van der Waals surface area contributed by atoms with Crippen LogP contribution < -0.4 is 4.74 Å². The summed E-state index contributed by atoms with van der Waals surface area (Å²) >= 11 is 3.42. The van der Waals surface area contributed by atoms with Gasteiger partial charge in [0, 0.05) is 36.4 Å². The number of hydrogen-bond donors (Lipinski definition) is 1. The summed E-state index contributed by atoms with van der Waals surface area (Å²) in [4.78, 5) is 2.35. The summed E-state index contributed by atoms with van der Waals surface area (Å²) in [6.07, 6.45) is 6.56. The molecule has 7 heteroatoms. The number of rotatable bonds is 6. The van der Waals surface area contributed by atoms with Crippen LogP contribution in [0.5, 0.6) is 5.75 Å². The maximum atomic E-state index is 10.5. The van der Waals surface area contributed by atoms with Crippen molar-refractivity contribution in [1.29, 1.82) is 0 Å². The standard InChI is InChI=1S/C21H29BrN4O2/c22-17-7-9-19(10-8-17)28-15-18(27)14-25-11-4-5-16(13-25)21-24-23-20-6-2-1-3-12-26(20)21/h7-10,16,18,27H,1-6,11-15H2. The molecule has 3 heterocycles. The van der Waals surface area contributed by atoms with Crippen molar-refractivity contribution in [2.45, 2.75) is 57.1 Å². The van der Waals surface area contributed by atoms with Gasteiger partial charge in [-0.05, 0) is 56.5 Å². The first-order valence-corrected chi connectivity index (χ1v) is 11.2. The van der Waals surface area contributed by atoms with Crippen molar-refractivity contribution in [3.63, 3.8) is 0 Å². The lowest BCUT2D eigenvalue weighted by molar-refractivity contribution is 0.0575. The lowest BCUT2D eigenvalue weighted by Gasteiger charge is -2.33. The summed E-state index contributed by atoms with van der Waals surface area (Å²) in [6, 6.07) is 7.70. The van der Waals surface area contributed by atoms with Gasteiger partial charge in [-0.1, -0.05) is 22.4 Å². The number of β-amino-alcohol motifs (C(OH)–C–C–N with tert-alkyl or cyclic N) is 1. The van der Waals surface area contributed by atoms with Crippen molar-refractivity contribution in [2.75, 3.05) is 26.2 Å². The third-order valence-electron chi connectivity index (χ3n) is 5.73. The van der Waals surface area contributed by atoms with Crippen LogP contribution in [0.2, 0.25) is 0 Å². The number of aryl methyl sites for hydroxylation is 1. The van der Waals surface area contributed by atoms with E-state index >= 15 is 0 Å². The molecule has 2 aliphatic heterocycles. The molecule has 0 amide bonds. The average Bonchev–Trinajstić information content (AvgIpc) is 2.96. The van der Waals surface area contributed by atoms with Gasteiger partial charge in [0.1, 0.15) is 30.1 Å². The normalized spacial score (nSPS) is 21.7. The fraction of sp³-hybridized carbons (Fsp3) is 0.619. The third-order valence-corrected chi connectivity index (χ3v) is 6.26. The van der Waals surface area contributed by atoms with Crippen molar-refractivity contribution in [1.82, 2.24) is 19.7 Å². The zero-order valence-electron chi connectivity index (χ0n) is 16.3. The Balaban J connectivity index is 1.31. The number of aliphatic hydroxyl groups excluding tert-OH is 1. The molecule has 2 unspecified atom stereocenters. The molecule has 1 N–H and O–H groups in total. The first-order valence-electron chi connectivity index (χ1n) is 10.4. The van der Waals surface area contributed by atoms with E-state index in [0.29, 0.717) is 19.1 Å². The number of likely N-dealkylation sites (tertiary alicyclic amines) is 1. The Labute approximate surface area is 175 Å². The topological polar surface area (TPSA) is 63.4 Å². The zero-order valence-corrected chi connectivity index (χ0v) is 17.9. The van der Waals surface area contributed by atoms with Gasteiger partial charge >= 0.3 is 0 Å². The Bertz CT molecular complexity index is 764. The third kappa shape index (κ3) is 4.93. The molecule has 2 aromatic rings. The van der Waals surface area contributed by atoms with Crippen molar-refractivity contribution >= 4 is 15.9 Å². The maximum Gasteiger partial charge on any atom is 0.137 e. The molecule has 0 bridgehead atoms. The molecular formula is C21H29BrN4O2. The van der Waals surface area contributed by atoms with Crippen LogP contribution in [0.4, 0.5) is 0 Å². The van der Waals surface area contributed by atoms with E-state index in [0.717, 1.165) is 60.8 Å². The number of nitrogens with zero attached hydrogens (tertiary/aromatic N) is 4. The number of piperidine rings is 1. The monoisotopic (exact) mass is 448 g/mol. The summed E-state index contributed by atoms with van der Waals surface area (Å²) in [7, 11) is 0. The Morgan fingerprint density at radius 1 is 1.11 bits per heavy atom. The smallest absolute Gasteiger partial charge is 0.137 e. The van der Waals surface area contributed by atoms with Gasteiger partial charge < -0.3 is 14.4 Å². The highest BCUT2D eigenvalue weighted by atomic mass is 79.9. The van der Waals surface area contributed by atoms with Gasteiger partial charge in [0.05, 0.1) is 0 Å². The lowest BCUT2D eigenvalue weighted by atomic mass is 9.96. The van der Waals surface area contributed by atoms with Crippen LogP contribution in [-0.2, 0) is 13.0 Å². The second-order valence-electron chi connectivity index (χ2n) is 7.95. The average molecular weight is 449 g/mol. The molecule has 1 aromatic carbocycles. The Hall–Kier alpha value is -1.44. The highest BCUT2D eigenvalue weighted by Gasteiger charge is 2.28. The van der Waals surface area contributed by atoms with E-state index in [4.69, 9.17) is 4.74 Å². The van der Waals surface area contributed by atoms with E-state index in [-0.39, 0.29) is 0 Å². The number of benzene rings is 1. The van der Waals surface area contributed by atoms with E-state index in [1.807, 2.05) is 24.3 Å². The number of halogens is 1. The van der Waals surface area contributed by atoms with Gasteiger partial charge in [-0.3, -0.25) is 4.90 Å². The van der Waals surface area contributed by atoms with Crippen LogP contribution in [0.1, 0.15) is 49.7 Å². The molecule has 0 aliphatic carbocycles. The summed E-state index contributed by atoms with van der Waals surface area (Å²) < 4.78 is 9.12. The molecule has 1 aromatic heterocycles. The highest BCUT2D eigenvalue weighted by Crippen LogP contribution is 2.28. The number of aromatic nitrogens is 3. The quantitative estimate of drug-likeness (QED) is 0.733. The Morgan fingerprint density at radius 2 is 1.96 bits per heavy atom. The van der Waals surface area contributed by atoms with Gasteiger partial charge in [0.15, 0.2) is 0 Å². The number of fused-ring (bicyclic) bond motifs is 1. The molecule has 0 radical (unpaired) electrons. The van der Waals surface area contributed by atoms with Gasteiger partial charge in [0.25, 0.3) is 0 Å². The van der Waals surface area contributed by atoms with E-state index in [9.17, 15) is 5.11 Å². The van der Waals surface area contributed by atoms with Crippen molar-refractivity contribution < 1.29 is 9.84 Å². The minimum absolute atomic E-state index is 0.309. The lowest BCUT2D eigenvalue weighted by Crippen LogP contribution is -2.41. The SMILES string of the molecule is OC(COc1ccc(Br)cc1)CN1CCCC(c2nnc3n2CCCCC3)C1. The number of ether oxygens (including phenoxy) is 1. The molecule has 1 saturated heterocycles. The number of hydrogen-bond acceptors (Lipinski definition) is 5. The molecule has 1 fully saturated rings. The summed E-state index contributed by atoms with van der Waals surface area (Å²) in [5, 5.41) is 19.5. The van der Waals surface area contributed by atoms with Crippen LogP contribution in [0.15, 0.2) is 28.7 Å². The first kappa shape index (κ1) is 19.9. The predicted molar refractivity (Wildman–Crippen MR) is 112 cm³/mol. The molecule has 28 heavy (non-hydrogen) atoms. The second-order valence-corrected chi connectivity index (χ2v) is 8.87. The van der Waals surface area contributed by atoms with Crippen LogP contribution in [-0.4, -0.2) is 57.1 Å². The Kier molecular flexibility index (Phi) is 6.65. The van der Waals surface area contributed by atoms with Gasteiger partial charge in [-0.15, -0.1) is 10.2 Å². The molecular weight excluding hydrogens is 420 g/mol. The largest absolute Gasteiger partial charge is 0.491 e. The van der Waals surface area contributed by atoms with Crippen molar-refractivity contribution in [2.24, 2.45) is 0 Å². The Morgan fingerprint density at radius 3 is 2.82 bits per heavy atom. The van der Waals surface area contributed by atoms with Crippen LogP contribution in [0.25, 0.3) is 0 Å². The van der Waals surface area contributed by atoms with Gasteiger partial charge in [-0.25, -0.2) is 0 Å². The highest BCUT2D eigenvalue weighted by molar-refractivity contribution is 9.10. The van der Waals surface area contributed by atoms with E-state index in [2.05, 4.69) is 35.6 Å². The fourth-order valence-corrected chi connectivity index (χ4v) is 4.58. The van der Waals surface area contributed by atoms with E-state index in [1.165, 1.54) is 19.3 Å².